The molecule has 0 fully saturated rings. The second kappa shape index (κ2) is 7.43. The quantitative estimate of drug-likeness (QED) is 0.876. The van der Waals surface area contributed by atoms with Gasteiger partial charge in [0, 0.05) is 30.4 Å². The smallest absolute Gasteiger partial charge is 0.120 e. The van der Waals surface area contributed by atoms with E-state index in [4.69, 9.17) is 0 Å². The highest BCUT2D eigenvalue weighted by atomic mass is 35.5. The van der Waals surface area contributed by atoms with Crippen LogP contribution in [0.5, 0.6) is 0 Å². The van der Waals surface area contributed by atoms with Crippen molar-refractivity contribution in [2.45, 2.75) is 24.9 Å². The topological polar surface area (TPSA) is 36.4 Å². The monoisotopic (exact) mass is 332 g/mol. The average molecular weight is 333 g/mol. The second-order valence-electron chi connectivity index (χ2n) is 6.52. The first-order valence-corrected chi connectivity index (χ1v) is 7.98. The predicted molar refractivity (Wildman–Crippen MR) is 95.9 cm³/mol. The minimum atomic E-state index is -0.967. The molecule has 3 nitrogen and oxygen atoms in total. The van der Waals surface area contributed by atoms with E-state index >= 15 is 0 Å². The molecule has 1 N–H and O–H groups in total. The van der Waals surface area contributed by atoms with Crippen LogP contribution in [0.2, 0.25) is 0 Å². The summed E-state index contributed by atoms with van der Waals surface area (Å²) in [5.41, 5.74) is 2.24. The van der Waals surface area contributed by atoms with Crippen LogP contribution in [-0.2, 0) is 12.0 Å². The van der Waals surface area contributed by atoms with Crippen molar-refractivity contribution in [3.8, 4) is 0 Å². The van der Waals surface area contributed by atoms with E-state index in [-0.39, 0.29) is 18.3 Å². The molecule has 2 atom stereocenters. The normalized spacial score (nSPS) is 23.7. The van der Waals surface area contributed by atoms with Gasteiger partial charge in [-0.15, -0.1) is 12.4 Å². The summed E-state index contributed by atoms with van der Waals surface area (Å²) in [6.07, 6.45) is 6.72. The number of nitrogens with zero attached hydrogens (tertiary/aromatic N) is 2. The van der Waals surface area contributed by atoms with E-state index in [1.165, 1.54) is 5.56 Å². The van der Waals surface area contributed by atoms with E-state index in [2.05, 4.69) is 42.2 Å². The Morgan fingerprint density at radius 3 is 2.70 bits per heavy atom. The van der Waals surface area contributed by atoms with E-state index < -0.39 is 5.60 Å². The summed E-state index contributed by atoms with van der Waals surface area (Å²) < 4.78 is 0. The van der Waals surface area contributed by atoms with Gasteiger partial charge in [0.2, 0.25) is 0 Å². The minimum Gasteiger partial charge on any atom is -0.380 e. The van der Waals surface area contributed by atoms with Gasteiger partial charge in [0.25, 0.3) is 0 Å². The van der Waals surface area contributed by atoms with Crippen molar-refractivity contribution in [2.75, 3.05) is 20.6 Å². The van der Waals surface area contributed by atoms with Crippen LogP contribution in [0.1, 0.15) is 29.5 Å². The van der Waals surface area contributed by atoms with Crippen molar-refractivity contribution >= 4 is 12.4 Å². The van der Waals surface area contributed by atoms with Crippen molar-refractivity contribution in [2.24, 2.45) is 5.92 Å². The Labute approximate surface area is 144 Å². The van der Waals surface area contributed by atoms with Crippen molar-refractivity contribution in [3.05, 3.63) is 65.5 Å². The van der Waals surface area contributed by atoms with Crippen molar-refractivity contribution < 1.29 is 5.11 Å². The highest BCUT2D eigenvalue weighted by molar-refractivity contribution is 5.85. The molecule has 0 aliphatic heterocycles. The van der Waals surface area contributed by atoms with Crippen LogP contribution >= 0.6 is 12.4 Å². The number of halogens is 1. The fourth-order valence-corrected chi connectivity index (χ4v) is 3.72. The van der Waals surface area contributed by atoms with Crippen molar-refractivity contribution in [1.82, 2.24) is 9.88 Å². The summed E-state index contributed by atoms with van der Waals surface area (Å²) in [4.78, 5) is 6.42. The molecule has 1 aromatic carbocycles. The van der Waals surface area contributed by atoms with Crippen LogP contribution in [0.15, 0.2) is 48.8 Å². The molecular weight excluding hydrogens is 308 g/mol. The summed E-state index contributed by atoms with van der Waals surface area (Å²) in [6, 6.07) is 12.2. The van der Waals surface area contributed by atoms with Crippen LogP contribution in [0.3, 0.4) is 0 Å². The molecule has 0 saturated heterocycles. The van der Waals surface area contributed by atoms with E-state index in [9.17, 15) is 5.11 Å². The molecule has 23 heavy (non-hydrogen) atoms. The Morgan fingerprint density at radius 2 is 2.00 bits per heavy atom. The van der Waals surface area contributed by atoms with Gasteiger partial charge in [-0.25, -0.2) is 0 Å². The number of hydrogen-bond donors (Lipinski definition) is 1. The van der Waals surface area contributed by atoms with Gasteiger partial charge < -0.3 is 10.0 Å². The summed E-state index contributed by atoms with van der Waals surface area (Å²) in [7, 11) is 4.14. The predicted octanol–water partition coefficient (Wildman–Crippen LogP) is 3.25. The zero-order chi connectivity index (χ0) is 15.6. The van der Waals surface area contributed by atoms with E-state index in [1.54, 1.807) is 6.20 Å². The maximum Gasteiger partial charge on any atom is 0.120 e. The number of pyridine rings is 1. The van der Waals surface area contributed by atoms with Gasteiger partial charge >= 0.3 is 0 Å². The first-order chi connectivity index (χ1) is 10.6. The molecule has 1 aromatic heterocycles. The van der Waals surface area contributed by atoms with Gasteiger partial charge in [-0.1, -0.05) is 30.3 Å². The first-order valence-electron chi connectivity index (χ1n) is 7.98. The highest BCUT2D eigenvalue weighted by Gasteiger charge is 2.42. The number of benzene rings is 1. The molecule has 2 aromatic rings. The second-order valence-corrected chi connectivity index (χ2v) is 6.52. The first kappa shape index (κ1) is 17.9. The lowest BCUT2D eigenvalue weighted by molar-refractivity contribution is 0.00285. The lowest BCUT2D eigenvalue weighted by Gasteiger charge is -2.38. The molecule has 1 aliphatic rings. The van der Waals surface area contributed by atoms with Gasteiger partial charge in [0.15, 0.2) is 0 Å². The lowest BCUT2D eigenvalue weighted by Crippen LogP contribution is -2.41. The van der Waals surface area contributed by atoms with Crippen LogP contribution in [0.25, 0.3) is 0 Å². The summed E-state index contributed by atoms with van der Waals surface area (Å²) in [5.74, 6) is 0.162. The van der Waals surface area contributed by atoms with E-state index in [0.717, 1.165) is 36.9 Å². The molecule has 0 amide bonds. The zero-order valence-electron chi connectivity index (χ0n) is 13.8. The highest BCUT2D eigenvalue weighted by Crippen LogP contribution is 2.43. The number of fused-ring (bicyclic) bond motifs is 1. The largest absolute Gasteiger partial charge is 0.380 e. The van der Waals surface area contributed by atoms with Gasteiger partial charge in [0.05, 0.1) is 0 Å². The summed E-state index contributed by atoms with van der Waals surface area (Å²) in [6.45, 7) is 0.861. The average Bonchev–Trinajstić information content (AvgIpc) is 2.67. The Balaban J connectivity index is 0.00000192. The molecule has 0 spiro atoms. The number of aromatic nitrogens is 1. The Hall–Kier alpha value is -1.42. The Bertz CT molecular complexity index is 632. The van der Waals surface area contributed by atoms with Crippen LogP contribution in [0.4, 0.5) is 0 Å². The van der Waals surface area contributed by atoms with E-state index in [0.29, 0.717) is 0 Å². The van der Waals surface area contributed by atoms with Crippen molar-refractivity contribution in [1.29, 1.82) is 0 Å². The Morgan fingerprint density at radius 1 is 1.22 bits per heavy atom. The molecule has 0 radical (unpaired) electrons. The molecule has 1 heterocycles. The standard InChI is InChI=1S/C19H24N2O.ClH/c1-21(2)14-17-9-5-8-15-7-3-4-11-18(15)19(17,22)16-10-6-12-20-13-16;/h3-4,6-7,10-13,17,22H,5,8-9,14H2,1-2H3;1H. The maximum atomic E-state index is 11.8. The maximum absolute atomic E-state index is 11.8. The molecule has 0 bridgehead atoms. The number of hydrogen-bond acceptors (Lipinski definition) is 3. The summed E-state index contributed by atoms with van der Waals surface area (Å²) in [5, 5.41) is 11.8. The number of rotatable bonds is 3. The molecular formula is C19H25ClN2O. The van der Waals surface area contributed by atoms with Crippen molar-refractivity contribution in [3.63, 3.8) is 0 Å². The summed E-state index contributed by atoms with van der Waals surface area (Å²) >= 11 is 0. The zero-order valence-corrected chi connectivity index (χ0v) is 14.6. The van der Waals surface area contributed by atoms with Crippen LogP contribution < -0.4 is 0 Å². The number of aliphatic hydroxyl groups is 1. The third-order valence-electron chi connectivity index (χ3n) is 4.70. The van der Waals surface area contributed by atoms with E-state index in [1.807, 2.05) is 24.4 Å². The van der Waals surface area contributed by atoms with Gasteiger partial charge in [-0.05, 0) is 50.6 Å². The number of aryl methyl sites for hydroxylation is 1. The lowest BCUT2D eigenvalue weighted by atomic mass is 9.75. The third kappa shape index (κ3) is 3.42. The molecule has 4 heteroatoms. The fraction of sp³-hybridized carbons (Fsp3) is 0.421. The molecule has 3 rings (SSSR count). The van der Waals surface area contributed by atoms with Gasteiger partial charge in [-0.3, -0.25) is 4.98 Å². The minimum absolute atomic E-state index is 0. The SMILES string of the molecule is CN(C)CC1CCCc2ccccc2C1(O)c1cccnc1.Cl. The van der Waals surface area contributed by atoms with Gasteiger partial charge in [0.1, 0.15) is 5.60 Å². The fourth-order valence-electron chi connectivity index (χ4n) is 3.72. The third-order valence-corrected chi connectivity index (χ3v) is 4.70. The molecule has 1 aliphatic carbocycles. The van der Waals surface area contributed by atoms with Gasteiger partial charge in [-0.2, -0.15) is 0 Å². The molecule has 124 valence electrons. The van der Waals surface area contributed by atoms with Crippen LogP contribution in [0, 0.1) is 5.92 Å². The molecule has 0 saturated carbocycles. The Kier molecular flexibility index (Phi) is 5.79. The van der Waals surface area contributed by atoms with Crippen LogP contribution in [-0.4, -0.2) is 35.6 Å². The molecule has 2 unspecified atom stereocenters.